The van der Waals surface area contributed by atoms with Crippen molar-refractivity contribution in [3.8, 4) is 22.5 Å². The van der Waals surface area contributed by atoms with Gasteiger partial charge in [0, 0.05) is 60.8 Å². The van der Waals surface area contributed by atoms with E-state index in [1.807, 2.05) is 48.5 Å². The van der Waals surface area contributed by atoms with Crippen molar-refractivity contribution in [2.24, 2.45) is 0 Å². The number of hydrogen-bond acceptors (Lipinski definition) is 28. The second kappa shape index (κ2) is 54.5. The van der Waals surface area contributed by atoms with Crippen LogP contribution in [0, 0.1) is 12.7 Å². The van der Waals surface area contributed by atoms with Gasteiger partial charge in [0.25, 0.3) is 5.56 Å². The molecule has 38 nitrogen and oxygen atoms in total. The van der Waals surface area contributed by atoms with Crippen LogP contribution in [0.25, 0.3) is 33.4 Å². The zero-order chi connectivity index (χ0) is 94.8. The minimum Gasteiger partial charge on any atom is -0.458 e. The molecule has 2 aliphatic carbocycles. The number of alkyl carbamates (subject to hydrolysis) is 2. The second-order valence-electron chi connectivity index (χ2n) is 31.7. The third-order valence-corrected chi connectivity index (χ3v) is 22.5. The molecule has 7 aromatic rings. The van der Waals surface area contributed by atoms with E-state index < -0.39 is 115 Å². The smallest absolute Gasteiger partial charge is 0.407 e. The van der Waals surface area contributed by atoms with Crippen molar-refractivity contribution in [1.29, 1.82) is 0 Å². The first-order valence-corrected chi connectivity index (χ1v) is 45.0. The number of unbranched alkanes of at least 4 members (excludes halogenated alkanes) is 1. The Labute approximate surface area is 774 Å². The van der Waals surface area contributed by atoms with Crippen LogP contribution in [0.1, 0.15) is 107 Å². The Morgan fingerprint density at radius 3 is 1.69 bits per heavy atom. The number of halogens is 1. The third kappa shape index (κ3) is 30.9. The molecule has 0 spiro atoms. The minimum absolute atomic E-state index is 0.0268. The number of cyclic esters (lactones) is 1. The molecule has 4 atom stereocenters. The maximum Gasteiger partial charge on any atom is 0.407 e. The van der Waals surface area contributed by atoms with Crippen molar-refractivity contribution < 1.29 is 128 Å². The summed E-state index contributed by atoms with van der Waals surface area (Å²) in [6.45, 7) is 8.32. The Kier molecular flexibility index (Phi) is 41.8. The number of aromatic nitrogens is 2. The lowest BCUT2D eigenvalue weighted by atomic mass is 9.81. The lowest BCUT2D eigenvalue weighted by Gasteiger charge is -2.31. The number of amides is 9. The van der Waals surface area contributed by atoms with Crippen molar-refractivity contribution in [2.75, 3.05) is 204 Å². The first-order chi connectivity index (χ1) is 65.2. The monoisotopic (exact) mass is 1870 g/mol. The lowest BCUT2D eigenvalue weighted by molar-refractivity contribution is -0.172. The Hall–Kier alpha value is -11.8. The maximum absolute atomic E-state index is 15.5. The van der Waals surface area contributed by atoms with Gasteiger partial charge in [-0.25, -0.2) is 23.8 Å². The van der Waals surface area contributed by atoms with E-state index in [-0.39, 0.29) is 141 Å². The van der Waals surface area contributed by atoms with Gasteiger partial charge in [-0.3, -0.25) is 38.4 Å². The van der Waals surface area contributed by atoms with Crippen LogP contribution in [0.4, 0.5) is 19.7 Å². The fourth-order valence-corrected chi connectivity index (χ4v) is 15.6. The number of nitrogens with zero attached hydrogens (tertiary/aromatic N) is 2. The molecule has 2 aromatic heterocycles. The normalized spacial score (nSPS) is 14.8. The quantitative estimate of drug-likeness (QED) is 0.0141. The summed E-state index contributed by atoms with van der Waals surface area (Å²) in [7, 11) is 1.62. The highest BCUT2D eigenvalue weighted by Gasteiger charge is 2.46. The van der Waals surface area contributed by atoms with E-state index in [2.05, 4.69) is 47.9 Å². The van der Waals surface area contributed by atoms with E-state index in [4.69, 9.17) is 76.0 Å². The summed E-state index contributed by atoms with van der Waals surface area (Å²) in [5.41, 5.74) is 6.99. The van der Waals surface area contributed by atoms with Gasteiger partial charge >= 0.3 is 18.2 Å². The fraction of sp³-hybridized carbons (Fsp3) is 0.495. The molecule has 0 unspecified atom stereocenters. The lowest BCUT2D eigenvalue weighted by Crippen LogP contribution is -2.52. The number of anilines is 1. The SMILES string of the molecule is CC[C@@]1(O)C(=O)OCc2c1cc1n(c2=O)Cc2c-1nc1cc(F)c(C)c3c1c2[C@@H](NC(=O)OCc1ccc(NC(=O)CNC(=O)[C@H](Cc2ccccc2)NC(=O)CNC(=O)CNC(=O)COCCOCCOCCOCCNC(=O)[C@H](CCCCNC(=O)COCCOCCOCCOCCOCCOCCOCCOC)NC(=O)OCC2c4ccccc4-c4ccccc42)cc1)CC3. The number of hydrogen-bond donors (Lipinski definition) is 10. The predicted octanol–water partition coefficient (Wildman–Crippen LogP) is 4.59. The number of ether oxygens (including phenoxy) is 15. The number of methoxy groups -OCH3 is 1. The van der Waals surface area contributed by atoms with Crippen molar-refractivity contribution in [2.45, 2.75) is 108 Å². The molecule has 134 heavy (non-hydrogen) atoms. The van der Waals surface area contributed by atoms with Gasteiger partial charge in [-0.1, -0.05) is 97.9 Å². The number of carbonyl (C=O) groups is 10. The van der Waals surface area contributed by atoms with Gasteiger partial charge in [-0.2, -0.15) is 0 Å². The highest BCUT2D eigenvalue weighted by atomic mass is 19.1. The van der Waals surface area contributed by atoms with Gasteiger partial charge in [0.05, 0.1) is 193 Å². The van der Waals surface area contributed by atoms with Crippen LogP contribution in [0.15, 0.2) is 120 Å². The number of pyridine rings is 2. The van der Waals surface area contributed by atoms with Crippen LogP contribution < -0.4 is 53.4 Å². The Morgan fingerprint density at radius 2 is 1.09 bits per heavy atom. The topological polar surface area (TPSA) is 473 Å². The zero-order valence-corrected chi connectivity index (χ0v) is 75.7. The zero-order valence-electron chi connectivity index (χ0n) is 75.7. The van der Waals surface area contributed by atoms with E-state index >= 15 is 4.39 Å². The number of benzene rings is 5. The molecule has 39 heteroatoms. The number of carbonyl (C=O) groups excluding carboxylic acids is 10. The van der Waals surface area contributed by atoms with Gasteiger partial charge < -0.3 is 129 Å². The van der Waals surface area contributed by atoms with Crippen LogP contribution >= 0.6 is 0 Å². The largest absolute Gasteiger partial charge is 0.458 e. The van der Waals surface area contributed by atoms with Crippen LogP contribution in [0.2, 0.25) is 0 Å². The van der Waals surface area contributed by atoms with Crippen molar-refractivity contribution in [3.05, 3.63) is 187 Å². The molecule has 4 aliphatic rings. The predicted molar refractivity (Wildman–Crippen MR) is 483 cm³/mol. The summed E-state index contributed by atoms with van der Waals surface area (Å²) >= 11 is 0. The minimum atomic E-state index is -2.06. The highest BCUT2D eigenvalue weighted by Crippen LogP contribution is 2.47. The summed E-state index contributed by atoms with van der Waals surface area (Å²) in [6, 6.07) is 31.2. The van der Waals surface area contributed by atoms with E-state index in [0.717, 1.165) is 27.8 Å². The first kappa shape index (κ1) is 103. The Morgan fingerprint density at radius 1 is 0.545 bits per heavy atom. The highest BCUT2D eigenvalue weighted by molar-refractivity contribution is 5.97. The average molecular weight is 1870 g/mol. The maximum atomic E-state index is 15.5. The molecule has 0 bridgehead atoms. The van der Waals surface area contributed by atoms with Gasteiger partial charge in [-0.15, -0.1) is 0 Å². The molecule has 0 saturated carbocycles. The molecule has 2 aliphatic heterocycles. The number of esters is 1. The standard InChI is InChI=1S/C95H120FN11O27/c1-4-95(119)74-51-80-88-71(56-107(80)91(115)73(74)59-132-92(95)116)87-76(26-25-66-62(2)75(96)52-78(104-88)86(66)87)105-93(117)133-57-64-21-23-65(24-22-64)102-82(109)55-101-90(114)79(50-63-14-6-5-7-15-63)103-83(110)54-99-81(108)53-100-85(112)61-131-49-47-129-44-42-123-33-32-121-29-28-98-89(113)77(106-94(118)134-58-72-69-18-10-8-16-67(69)68-17-9-11-19-70(68)72)20-12-13-27-97-84(111)60-130-48-46-128-45-43-127-41-40-126-39-38-125-37-36-124-35-34-122-31-30-120-3/h5-11,14-19,21-24,51-52,72,76-77,79,119H,4,12-13,20,25-50,53-61H2,1-3H3,(H,97,111)(H,98,113)(H,99,108)(H,100,112)(H,101,114)(H,102,109)(H,103,110)(H,105,117)(H,106,118)/t76-,77-,79-,95-/m0/s1. The molecule has 9 amide bonds. The number of aliphatic hydroxyl groups is 1. The van der Waals surface area contributed by atoms with E-state index in [9.17, 15) is 57.8 Å². The van der Waals surface area contributed by atoms with E-state index in [1.54, 1.807) is 81.6 Å². The van der Waals surface area contributed by atoms with Crippen LogP contribution in [0.5, 0.6) is 0 Å². The van der Waals surface area contributed by atoms with Gasteiger partial charge in [0.2, 0.25) is 41.4 Å². The molecule has 0 radical (unpaired) electrons. The summed E-state index contributed by atoms with van der Waals surface area (Å²) in [5.74, 6) is -5.63. The second-order valence-corrected chi connectivity index (χ2v) is 31.7. The summed E-state index contributed by atoms with van der Waals surface area (Å²) in [6.07, 6.45) is 0.443. The summed E-state index contributed by atoms with van der Waals surface area (Å²) in [5, 5.41) is 36.1. The molecular formula is C95H120FN11O27. The van der Waals surface area contributed by atoms with Crippen LogP contribution in [0.3, 0.4) is 0 Å². The van der Waals surface area contributed by atoms with Gasteiger partial charge in [-0.05, 0) is 114 Å². The number of rotatable bonds is 61. The van der Waals surface area contributed by atoms with Crippen LogP contribution in [-0.2, 0) is 148 Å². The van der Waals surface area contributed by atoms with Gasteiger partial charge in [0.1, 0.15) is 50.9 Å². The van der Waals surface area contributed by atoms with E-state index in [0.29, 0.717) is 167 Å². The molecule has 4 heterocycles. The number of aryl methyl sites for hydroxylation is 1. The number of fused-ring (bicyclic) bond motifs is 8. The molecule has 0 fully saturated rings. The number of nitrogens with one attached hydrogen (secondary N) is 9. The fourth-order valence-electron chi connectivity index (χ4n) is 15.6. The Bertz CT molecular complexity index is 5100. The molecular weight excluding hydrogens is 1750 g/mol. The summed E-state index contributed by atoms with van der Waals surface area (Å²) < 4.78 is 99.1. The Balaban J connectivity index is 0.508. The molecule has 724 valence electrons. The average Bonchev–Trinajstić information content (AvgIpc) is 1.56. The van der Waals surface area contributed by atoms with Gasteiger partial charge in [0.15, 0.2) is 5.60 Å². The van der Waals surface area contributed by atoms with Crippen LogP contribution in [-0.4, -0.2) is 285 Å². The summed E-state index contributed by atoms with van der Waals surface area (Å²) in [4.78, 5) is 150. The molecule has 10 N–H and O–H groups in total. The van der Waals surface area contributed by atoms with Crippen molar-refractivity contribution in [1.82, 2.24) is 52.1 Å². The molecule has 5 aromatic carbocycles. The van der Waals surface area contributed by atoms with E-state index in [1.165, 1.54) is 10.6 Å². The van der Waals surface area contributed by atoms with Crippen molar-refractivity contribution in [3.63, 3.8) is 0 Å². The third-order valence-electron chi connectivity index (χ3n) is 22.5. The van der Waals surface area contributed by atoms with Crippen molar-refractivity contribution >= 4 is 76.1 Å². The molecule has 0 saturated heterocycles. The first-order valence-electron chi connectivity index (χ1n) is 45.0. The molecule has 11 rings (SSSR count).